The van der Waals surface area contributed by atoms with Crippen LogP contribution in [0.2, 0.25) is 0 Å². The topological polar surface area (TPSA) is 74.1 Å². The van der Waals surface area contributed by atoms with Crippen LogP contribution in [0.15, 0.2) is 10.9 Å². The highest BCUT2D eigenvalue weighted by molar-refractivity contribution is 7.20. The van der Waals surface area contributed by atoms with Gasteiger partial charge in [0.1, 0.15) is 0 Å². The fourth-order valence-electron chi connectivity index (χ4n) is 5.40. The number of hydrogen-bond donors (Lipinski definition) is 0. The first-order valence-electron chi connectivity index (χ1n) is 11.7. The molecule has 4 heterocycles. The first-order valence-corrected chi connectivity index (χ1v) is 12.6. The Hall–Kier alpha value is -2.00. The van der Waals surface area contributed by atoms with Gasteiger partial charge in [-0.3, -0.25) is 14.5 Å². The Morgan fingerprint density at radius 2 is 1.81 bits per heavy atom. The van der Waals surface area contributed by atoms with Crippen molar-refractivity contribution >= 4 is 27.3 Å². The highest BCUT2D eigenvalue weighted by Crippen LogP contribution is 2.28. The van der Waals surface area contributed by atoms with Gasteiger partial charge in [-0.2, -0.15) is 4.52 Å². The Morgan fingerprint density at radius 1 is 1.03 bits per heavy atom. The van der Waals surface area contributed by atoms with Crippen molar-refractivity contribution in [3.63, 3.8) is 0 Å². The third-order valence-corrected chi connectivity index (χ3v) is 8.09. The van der Waals surface area contributed by atoms with E-state index in [0.717, 1.165) is 56.7 Å². The van der Waals surface area contributed by atoms with Crippen LogP contribution in [-0.2, 0) is 4.79 Å². The second-order valence-electron chi connectivity index (χ2n) is 9.25. The Labute approximate surface area is 186 Å². The van der Waals surface area contributed by atoms with Crippen LogP contribution in [0.3, 0.4) is 0 Å². The average molecular weight is 445 g/mol. The van der Waals surface area contributed by atoms with Crippen LogP contribution >= 0.6 is 11.3 Å². The molecule has 168 valence electrons. The summed E-state index contributed by atoms with van der Waals surface area (Å²) in [7, 11) is 0. The SMILES string of the molecule is Cc1cc(=O)n2nc(N3CCC[C@@H](C(=O)N4CCN(C5CCCCC5)CC4)C3)sc2n1. The van der Waals surface area contributed by atoms with Crippen molar-refractivity contribution in [3.05, 3.63) is 22.1 Å². The van der Waals surface area contributed by atoms with E-state index in [1.807, 2.05) is 6.92 Å². The molecule has 2 aromatic heterocycles. The molecular formula is C22H32N6O2S. The lowest BCUT2D eigenvalue weighted by Crippen LogP contribution is -2.54. The number of aryl methyl sites for hydroxylation is 1. The van der Waals surface area contributed by atoms with Crippen molar-refractivity contribution in [2.75, 3.05) is 44.2 Å². The van der Waals surface area contributed by atoms with E-state index in [1.54, 1.807) is 0 Å². The van der Waals surface area contributed by atoms with Crippen LogP contribution < -0.4 is 10.5 Å². The van der Waals surface area contributed by atoms with E-state index in [1.165, 1.54) is 54.0 Å². The first-order chi connectivity index (χ1) is 15.1. The maximum atomic E-state index is 13.3. The van der Waals surface area contributed by atoms with Gasteiger partial charge >= 0.3 is 0 Å². The number of aromatic nitrogens is 3. The van der Waals surface area contributed by atoms with E-state index in [0.29, 0.717) is 23.1 Å². The zero-order valence-electron chi connectivity index (χ0n) is 18.3. The number of carbonyl (C=O) groups excluding carboxylic acids is 1. The van der Waals surface area contributed by atoms with Crippen molar-refractivity contribution in [2.24, 2.45) is 5.92 Å². The molecule has 0 N–H and O–H groups in total. The van der Waals surface area contributed by atoms with Crippen LogP contribution in [0.4, 0.5) is 5.13 Å². The molecule has 0 unspecified atom stereocenters. The number of hydrogen-bond acceptors (Lipinski definition) is 7. The molecule has 0 radical (unpaired) electrons. The number of piperazine rings is 1. The first kappa shape index (κ1) is 20.9. The van der Waals surface area contributed by atoms with Gasteiger partial charge in [-0.25, -0.2) is 4.98 Å². The molecule has 8 nitrogen and oxygen atoms in total. The lowest BCUT2D eigenvalue weighted by atomic mass is 9.93. The summed E-state index contributed by atoms with van der Waals surface area (Å²) in [5.41, 5.74) is 0.560. The highest BCUT2D eigenvalue weighted by Gasteiger charge is 2.33. The van der Waals surface area contributed by atoms with Gasteiger partial charge in [0.25, 0.3) is 5.56 Å². The number of carbonyl (C=O) groups is 1. The molecule has 2 aliphatic heterocycles. The van der Waals surface area contributed by atoms with Gasteiger partial charge in [0.05, 0.1) is 5.92 Å². The monoisotopic (exact) mass is 444 g/mol. The maximum Gasteiger partial charge on any atom is 0.275 e. The molecule has 1 amide bonds. The second-order valence-corrected chi connectivity index (χ2v) is 10.2. The van der Waals surface area contributed by atoms with Gasteiger partial charge < -0.3 is 9.80 Å². The lowest BCUT2D eigenvalue weighted by Gasteiger charge is -2.42. The third kappa shape index (κ3) is 4.35. The predicted octanol–water partition coefficient (Wildman–Crippen LogP) is 2.15. The van der Waals surface area contributed by atoms with Crippen LogP contribution in [0.25, 0.3) is 4.96 Å². The van der Waals surface area contributed by atoms with Gasteiger partial charge in [0, 0.05) is 57.1 Å². The van der Waals surface area contributed by atoms with Crippen LogP contribution in [-0.4, -0.2) is 75.6 Å². The van der Waals surface area contributed by atoms with E-state index >= 15 is 0 Å². The average Bonchev–Trinajstić information content (AvgIpc) is 3.24. The normalized spacial score (nSPS) is 24.1. The summed E-state index contributed by atoms with van der Waals surface area (Å²) in [5.74, 6) is 0.300. The molecule has 0 bridgehead atoms. The summed E-state index contributed by atoms with van der Waals surface area (Å²) < 4.78 is 1.38. The molecule has 1 atom stereocenters. The van der Waals surface area contributed by atoms with Crippen LogP contribution in [0.1, 0.15) is 50.6 Å². The van der Waals surface area contributed by atoms with E-state index in [9.17, 15) is 9.59 Å². The van der Waals surface area contributed by atoms with Gasteiger partial charge in [-0.05, 0) is 32.6 Å². The number of amides is 1. The fraction of sp³-hybridized carbons (Fsp3) is 0.727. The maximum absolute atomic E-state index is 13.3. The molecule has 3 fully saturated rings. The zero-order valence-corrected chi connectivity index (χ0v) is 19.1. The molecule has 9 heteroatoms. The summed E-state index contributed by atoms with van der Waals surface area (Å²) in [6.07, 6.45) is 8.64. The summed E-state index contributed by atoms with van der Waals surface area (Å²) in [5, 5.41) is 5.29. The van der Waals surface area contributed by atoms with Crippen molar-refractivity contribution in [3.8, 4) is 0 Å². The minimum absolute atomic E-state index is 0.00779. The molecule has 5 rings (SSSR count). The summed E-state index contributed by atoms with van der Waals surface area (Å²) in [6.45, 7) is 7.10. The van der Waals surface area contributed by atoms with Gasteiger partial charge in [-0.1, -0.05) is 30.6 Å². The number of piperidine rings is 1. The van der Waals surface area contributed by atoms with Crippen LogP contribution in [0.5, 0.6) is 0 Å². The highest BCUT2D eigenvalue weighted by atomic mass is 32.1. The predicted molar refractivity (Wildman–Crippen MR) is 122 cm³/mol. The van der Waals surface area contributed by atoms with Crippen molar-refractivity contribution in [1.82, 2.24) is 24.4 Å². The van der Waals surface area contributed by atoms with Crippen molar-refractivity contribution in [2.45, 2.75) is 57.9 Å². The Balaban J connectivity index is 1.22. The van der Waals surface area contributed by atoms with Crippen molar-refractivity contribution < 1.29 is 4.79 Å². The van der Waals surface area contributed by atoms with Gasteiger partial charge in [-0.15, -0.1) is 5.10 Å². The summed E-state index contributed by atoms with van der Waals surface area (Å²) in [6, 6.07) is 2.24. The summed E-state index contributed by atoms with van der Waals surface area (Å²) in [4.78, 5) is 37.4. The molecule has 1 saturated carbocycles. The van der Waals surface area contributed by atoms with Gasteiger partial charge in [0.2, 0.25) is 16.0 Å². The van der Waals surface area contributed by atoms with Crippen LogP contribution in [0, 0.1) is 12.8 Å². The number of rotatable bonds is 3. The fourth-order valence-corrected chi connectivity index (χ4v) is 6.39. The largest absolute Gasteiger partial charge is 0.346 e. The Kier molecular flexibility index (Phi) is 5.97. The quantitative estimate of drug-likeness (QED) is 0.722. The molecular weight excluding hydrogens is 412 g/mol. The van der Waals surface area contributed by atoms with E-state index in [4.69, 9.17) is 0 Å². The minimum Gasteiger partial charge on any atom is -0.346 e. The standard InChI is InChI=1S/C22H32N6O2S/c1-16-14-19(29)28-21(23-16)31-22(24-28)27-9-5-6-17(15-27)20(30)26-12-10-25(11-13-26)18-7-3-2-4-8-18/h14,17-18H,2-13,15H2,1H3/t17-/m1/s1. The van der Waals surface area contributed by atoms with E-state index < -0.39 is 0 Å². The minimum atomic E-state index is -0.148. The van der Waals surface area contributed by atoms with E-state index in [2.05, 4.69) is 24.8 Å². The molecule has 0 spiro atoms. The smallest absolute Gasteiger partial charge is 0.275 e. The molecule has 2 saturated heterocycles. The molecule has 0 aromatic carbocycles. The van der Waals surface area contributed by atoms with E-state index in [-0.39, 0.29) is 11.5 Å². The second kappa shape index (κ2) is 8.86. The zero-order chi connectivity index (χ0) is 21.4. The molecule has 31 heavy (non-hydrogen) atoms. The third-order valence-electron chi connectivity index (χ3n) is 7.12. The number of anilines is 1. The summed E-state index contributed by atoms with van der Waals surface area (Å²) >= 11 is 1.43. The Bertz CT molecular complexity index is 990. The molecule has 2 aromatic rings. The number of fused-ring (bicyclic) bond motifs is 1. The van der Waals surface area contributed by atoms with Crippen molar-refractivity contribution in [1.29, 1.82) is 0 Å². The molecule has 1 aliphatic carbocycles. The molecule has 3 aliphatic rings. The lowest BCUT2D eigenvalue weighted by molar-refractivity contribution is -0.138. The number of nitrogens with zero attached hydrogens (tertiary/aromatic N) is 6. The Morgan fingerprint density at radius 3 is 2.58 bits per heavy atom. The van der Waals surface area contributed by atoms with Gasteiger partial charge in [0.15, 0.2) is 0 Å².